The molecule has 1 aromatic carbocycles. The predicted molar refractivity (Wildman–Crippen MR) is 94.3 cm³/mol. The van der Waals surface area contributed by atoms with Crippen LogP contribution in [-0.4, -0.2) is 53.7 Å². The maximum atomic E-state index is 13.4. The second-order valence-electron chi connectivity index (χ2n) is 5.73. The Balaban J connectivity index is 2.04. The fraction of sp³-hybridized carbons (Fsp3) is 0.333. The Morgan fingerprint density at radius 3 is 2.73 bits per heavy atom. The molecule has 26 heavy (non-hydrogen) atoms. The number of ether oxygens (including phenoxy) is 2. The molecule has 0 N–H and O–H groups in total. The summed E-state index contributed by atoms with van der Waals surface area (Å²) in [7, 11) is 2.86. The van der Waals surface area contributed by atoms with Gasteiger partial charge in [0.1, 0.15) is 23.9 Å². The number of methoxy groups -OCH3 is 2. The Morgan fingerprint density at radius 1 is 1.23 bits per heavy atom. The molecule has 2 aromatic rings. The zero-order chi connectivity index (χ0) is 18.5. The molecule has 0 aliphatic carbocycles. The summed E-state index contributed by atoms with van der Waals surface area (Å²) in [6.07, 6.45) is 4.23. The Morgan fingerprint density at radius 2 is 2.04 bits per heavy atom. The topological polar surface area (TPSA) is 84.9 Å². The van der Waals surface area contributed by atoms with Crippen LogP contribution < -0.4 is 9.64 Å². The SMILES string of the molecule is COC(=O)C1CCCN1C(=O)N(c1ccncn1)c1ccccc1OC. The lowest BCUT2D eigenvalue weighted by molar-refractivity contribution is -0.144. The molecule has 3 rings (SSSR count). The van der Waals surface area contributed by atoms with Crippen molar-refractivity contribution in [3.63, 3.8) is 0 Å². The van der Waals surface area contributed by atoms with Crippen molar-refractivity contribution in [1.82, 2.24) is 14.9 Å². The minimum absolute atomic E-state index is 0.360. The maximum Gasteiger partial charge on any atom is 0.331 e. The first-order chi connectivity index (χ1) is 12.7. The van der Waals surface area contributed by atoms with Gasteiger partial charge >= 0.3 is 12.0 Å². The third-order valence-corrected chi connectivity index (χ3v) is 4.28. The molecule has 8 heteroatoms. The summed E-state index contributed by atoms with van der Waals surface area (Å²) in [6, 6.07) is 7.82. The van der Waals surface area contributed by atoms with Crippen molar-refractivity contribution in [2.45, 2.75) is 18.9 Å². The molecule has 0 bridgehead atoms. The Kier molecular flexibility index (Phi) is 5.31. The van der Waals surface area contributed by atoms with E-state index in [1.807, 2.05) is 6.07 Å². The first kappa shape index (κ1) is 17.7. The second-order valence-corrected chi connectivity index (χ2v) is 5.73. The summed E-state index contributed by atoms with van der Waals surface area (Å²) in [4.78, 5) is 36.5. The van der Waals surface area contributed by atoms with Crippen LogP contribution >= 0.6 is 0 Å². The first-order valence-electron chi connectivity index (χ1n) is 8.25. The minimum Gasteiger partial charge on any atom is -0.495 e. The normalized spacial score (nSPS) is 16.2. The molecule has 0 saturated carbocycles. The van der Waals surface area contributed by atoms with Crippen LogP contribution in [0.4, 0.5) is 16.3 Å². The van der Waals surface area contributed by atoms with E-state index in [0.717, 1.165) is 6.42 Å². The van der Waals surface area contributed by atoms with E-state index >= 15 is 0 Å². The summed E-state index contributed by atoms with van der Waals surface area (Å²) in [5.74, 6) is 0.497. The fourth-order valence-electron chi connectivity index (χ4n) is 3.06. The number of para-hydroxylation sites is 2. The molecule has 1 atom stereocenters. The molecule has 1 fully saturated rings. The zero-order valence-electron chi connectivity index (χ0n) is 14.7. The van der Waals surface area contributed by atoms with Crippen molar-refractivity contribution in [3.8, 4) is 5.75 Å². The van der Waals surface area contributed by atoms with Gasteiger partial charge in [0, 0.05) is 12.7 Å². The van der Waals surface area contributed by atoms with Gasteiger partial charge in [0.15, 0.2) is 0 Å². The van der Waals surface area contributed by atoms with Crippen molar-refractivity contribution < 1.29 is 19.1 Å². The van der Waals surface area contributed by atoms with E-state index in [2.05, 4.69) is 9.97 Å². The van der Waals surface area contributed by atoms with Crippen molar-refractivity contribution in [2.75, 3.05) is 25.7 Å². The van der Waals surface area contributed by atoms with Crippen LogP contribution in [0.1, 0.15) is 12.8 Å². The minimum atomic E-state index is -0.605. The van der Waals surface area contributed by atoms with Crippen LogP contribution in [0, 0.1) is 0 Å². The molecule has 2 amide bonds. The summed E-state index contributed by atoms with van der Waals surface area (Å²) >= 11 is 0. The summed E-state index contributed by atoms with van der Waals surface area (Å²) in [6.45, 7) is 0.468. The van der Waals surface area contributed by atoms with E-state index in [-0.39, 0.29) is 6.03 Å². The highest BCUT2D eigenvalue weighted by molar-refractivity contribution is 6.01. The molecule has 0 spiro atoms. The molecule has 1 aromatic heterocycles. The summed E-state index contributed by atoms with van der Waals surface area (Å²) in [5.41, 5.74) is 0.536. The number of anilines is 2. The lowest BCUT2D eigenvalue weighted by Gasteiger charge is -2.30. The quantitative estimate of drug-likeness (QED) is 0.782. The summed E-state index contributed by atoms with van der Waals surface area (Å²) < 4.78 is 10.3. The number of hydrogen-bond acceptors (Lipinski definition) is 6. The van der Waals surface area contributed by atoms with Gasteiger partial charge in [-0.2, -0.15) is 0 Å². The molecular weight excluding hydrogens is 336 g/mol. The van der Waals surface area contributed by atoms with Crippen molar-refractivity contribution >= 4 is 23.5 Å². The molecule has 136 valence electrons. The van der Waals surface area contributed by atoms with Crippen molar-refractivity contribution in [3.05, 3.63) is 42.9 Å². The van der Waals surface area contributed by atoms with E-state index in [0.29, 0.717) is 30.2 Å². The van der Waals surface area contributed by atoms with Gasteiger partial charge in [-0.15, -0.1) is 0 Å². The molecule has 8 nitrogen and oxygen atoms in total. The standard InChI is InChI=1S/C18H20N4O4/c1-25-15-8-4-3-6-13(15)22(16-9-10-19-12-20-16)18(24)21-11-5-7-14(21)17(23)26-2/h3-4,6,8-10,12,14H,5,7,11H2,1-2H3. The number of nitrogens with zero attached hydrogens (tertiary/aromatic N) is 4. The van der Waals surface area contributed by atoms with Gasteiger partial charge in [0.25, 0.3) is 0 Å². The fourth-order valence-corrected chi connectivity index (χ4v) is 3.06. The van der Waals surface area contributed by atoms with E-state index < -0.39 is 12.0 Å². The van der Waals surface area contributed by atoms with Gasteiger partial charge in [-0.1, -0.05) is 12.1 Å². The Bertz CT molecular complexity index is 784. The highest BCUT2D eigenvalue weighted by Crippen LogP contribution is 2.34. The van der Waals surface area contributed by atoms with Gasteiger partial charge in [0.2, 0.25) is 0 Å². The van der Waals surface area contributed by atoms with Gasteiger partial charge < -0.3 is 14.4 Å². The van der Waals surface area contributed by atoms with Gasteiger partial charge in [-0.3, -0.25) is 0 Å². The van der Waals surface area contributed by atoms with E-state index in [1.54, 1.807) is 30.5 Å². The van der Waals surface area contributed by atoms with Crippen LogP contribution in [0.25, 0.3) is 0 Å². The number of likely N-dealkylation sites (tertiary alicyclic amines) is 1. The average Bonchev–Trinajstić information content (AvgIpc) is 3.18. The van der Waals surface area contributed by atoms with Crippen LogP contribution in [-0.2, 0) is 9.53 Å². The number of esters is 1. The average molecular weight is 356 g/mol. The molecule has 1 aliphatic rings. The van der Waals surface area contributed by atoms with Crippen LogP contribution in [0.2, 0.25) is 0 Å². The van der Waals surface area contributed by atoms with E-state index in [9.17, 15) is 9.59 Å². The molecule has 1 saturated heterocycles. The number of carbonyl (C=O) groups is 2. The highest BCUT2D eigenvalue weighted by Gasteiger charge is 2.38. The molecule has 1 aliphatic heterocycles. The Labute approximate surface area is 151 Å². The third kappa shape index (κ3) is 3.30. The van der Waals surface area contributed by atoms with Crippen molar-refractivity contribution in [2.24, 2.45) is 0 Å². The zero-order valence-corrected chi connectivity index (χ0v) is 14.7. The molecule has 1 unspecified atom stereocenters. The lowest BCUT2D eigenvalue weighted by Crippen LogP contribution is -2.47. The van der Waals surface area contributed by atoms with Gasteiger partial charge in [-0.05, 0) is 31.0 Å². The number of hydrogen-bond donors (Lipinski definition) is 0. The third-order valence-electron chi connectivity index (χ3n) is 4.28. The maximum absolute atomic E-state index is 13.4. The molecular formula is C18H20N4O4. The lowest BCUT2D eigenvalue weighted by atomic mass is 10.2. The van der Waals surface area contributed by atoms with Crippen LogP contribution in [0.3, 0.4) is 0 Å². The smallest absolute Gasteiger partial charge is 0.331 e. The van der Waals surface area contributed by atoms with Gasteiger partial charge in [-0.25, -0.2) is 24.5 Å². The number of urea groups is 1. The number of aromatic nitrogens is 2. The second kappa shape index (κ2) is 7.81. The monoisotopic (exact) mass is 356 g/mol. The predicted octanol–water partition coefficient (Wildman–Crippen LogP) is 2.38. The van der Waals surface area contributed by atoms with Crippen molar-refractivity contribution in [1.29, 1.82) is 0 Å². The van der Waals surface area contributed by atoms with E-state index in [4.69, 9.17) is 9.47 Å². The highest BCUT2D eigenvalue weighted by atomic mass is 16.5. The molecule has 2 heterocycles. The summed E-state index contributed by atoms with van der Waals surface area (Å²) in [5, 5.41) is 0. The number of carbonyl (C=O) groups excluding carboxylic acids is 2. The first-order valence-corrected chi connectivity index (χ1v) is 8.25. The Hall–Kier alpha value is -3.16. The number of amides is 2. The van der Waals surface area contributed by atoms with Crippen LogP contribution in [0.5, 0.6) is 5.75 Å². The number of rotatable bonds is 4. The van der Waals surface area contributed by atoms with Gasteiger partial charge in [0.05, 0.1) is 19.9 Å². The molecule has 0 radical (unpaired) electrons. The largest absolute Gasteiger partial charge is 0.495 e. The van der Waals surface area contributed by atoms with Crippen LogP contribution in [0.15, 0.2) is 42.9 Å². The number of benzene rings is 1. The van der Waals surface area contributed by atoms with E-state index in [1.165, 1.54) is 30.3 Å².